The van der Waals surface area contributed by atoms with Gasteiger partial charge in [-0.05, 0) is 25.3 Å². The molecule has 134 valence electrons. The van der Waals surface area contributed by atoms with Gasteiger partial charge in [-0.1, -0.05) is 0 Å². The van der Waals surface area contributed by atoms with Crippen LogP contribution in [0.5, 0.6) is 0 Å². The van der Waals surface area contributed by atoms with Gasteiger partial charge in [0.1, 0.15) is 9.71 Å². The number of rotatable bonds is 5. The first-order chi connectivity index (χ1) is 12.0. The lowest BCUT2D eigenvalue weighted by Gasteiger charge is -2.10. The minimum absolute atomic E-state index is 0.0341. The van der Waals surface area contributed by atoms with Gasteiger partial charge < -0.3 is 19.4 Å². The predicted molar refractivity (Wildman–Crippen MR) is 91.9 cm³/mol. The van der Waals surface area contributed by atoms with E-state index in [9.17, 15) is 14.4 Å². The van der Waals surface area contributed by atoms with E-state index in [0.717, 1.165) is 24.2 Å². The van der Waals surface area contributed by atoms with Crippen molar-refractivity contribution in [1.29, 1.82) is 0 Å². The maximum absolute atomic E-state index is 12.2. The van der Waals surface area contributed by atoms with E-state index in [1.807, 2.05) is 0 Å². The summed E-state index contributed by atoms with van der Waals surface area (Å²) >= 11 is 1.09. The van der Waals surface area contributed by atoms with Crippen LogP contribution in [-0.2, 0) is 21.3 Å². The zero-order valence-electron chi connectivity index (χ0n) is 14.0. The molecule has 0 aromatic carbocycles. The number of hydrogen-bond donors (Lipinski definition) is 1. The molecule has 0 saturated carbocycles. The lowest BCUT2D eigenvalue weighted by atomic mass is 10.2. The van der Waals surface area contributed by atoms with Crippen LogP contribution in [0.25, 0.3) is 10.2 Å². The average Bonchev–Trinajstić information content (AvgIpc) is 3.22. The van der Waals surface area contributed by atoms with E-state index in [4.69, 9.17) is 9.47 Å². The molecule has 1 fully saturated rings. The summed E-state index contributed by atoms with van der Waals surface area (Å²) in [5, 5.41) is 3.09. The molecule has 3 rings (SSSR count). The number of aryl methyl sites for hydroxylation is 2. The van der Waals surface area contributed by atoms with Crippen molar-refractivity contribution in [2.24, 2.45) is 7.05 Å². The summed E-state index contributed by atoms with van der Waals surface area (Å²) in [5.41, 5.74) is 0.311. The Hall–Kier alpha value is -2.26. The molecular weight excluding hydrogens is 346 g/mol. The maximum atomic E-state index is 12.2. The van der Waals surface area contributed by atoms with Crippen LogP contribution in [0.15, 0.2) is 11.1 Å². The molecule has 1 N–H and O–H groups in total. The molecule has 0 radical (unpaired) electrons. The molecule has 0 bridgehead atoms. The molecule has 1 unspecified atom stereocenters. The Balaban J connectivity index is 1.62. The van der Waals surface area contributed by atoms with Gasteiger partial charge in [0.2, 0.25) is 0 Å². The minimum atomic E-state index is -0.630. The number of amides is 1. The highest BCUT2D eigenvalue weighted by Crippen LogP contribution is 2.27. The minimum Gasteiger partial charge on any atom is -0.451 e. The van der Waals surface area contributed by atoms with Crippen molar-refractivity contribution in [3.63, 3.8) is 0 Å². The fourth-order valence-corrected chi connectivity index (χ4v) is 3.72. The molecule has 2 aromatic rings. The highest BCUT2D eigenvalue weighted by Gasteiger charge is 2.21. The Morgan fingerprint density at radius 3 is 3.04 bits per heavy atom. The fourth-order valence-electron chi connectivity index (χ4n) is 2.68. The van der Waals surface area contributed by atoms with Crippen molar-refractivity contribution in [3.05, 3.63) is 27.1 Å². The number of nitrogens with zero attached hydrogens (tertiary/aromatic N) is 2. The first-order valence-electron chi connectivity index (χ1n) is 7.97. The van der Waals surface area contributed by atoms with Crippen LogP contribution in [0, 0.1) is 6.92 Å². The number of fused-ring (bicyclic) bond motifs is 1. The highest BCUT2D eigenvalue weighted by atomic mass is 32.1. The fraction of sp³-hybridized carbons (Fsp3) is 0.500. The van der Waals surface area contributed by atoms with Crippen LogP contribution in [-0.4, -0.2) is 47.3 Å². The van der Waals surface area contributed by atoms with Crippen LogP contribution in [0.2, 0.25) is 0 Å². The number of ether oxygens (including phenoxy) is 2. The summed E-state index contributed by atoms with van der Waals surface area (Å²) in [6.45, 7) is 2.44. The number of aromatic nitrogens is 2. The summed E-state index contributed by atoms with van der Waals surface area (Å²) in [7, 11) is 1.60. The van der Waals surface area contributed by atoms with Crippen LogP contribution < -0.4 is 10.9 Å². The van der Waals surface area contributed by atoms with Crippen LogP contribution >= 0.6 is 11.3 Å². The molecule has 0 aliphatic carbocycles. The van der Waals surface area contributed by atoms with Gasteiger partial charge in [0.05, 0.1) is 17.8 Å². The molecule has 25 heavy (non-hydrogen) atoms. The summed E-state index contributed by atoms with van der Waals surface area (Å²) in [5.74, 6) is -1.01. The lowest BCUT2D eigenvalue weighted by molar-refractivity contribution is -0.124. The third kappa shape index (κ3) is 3.72. The van der Waals surface area contributed by atoms with Gasteiger partial charge in [0, 0.05) is 20.2 Å². The molecule has 0 spiro atoms. The Morgan fingerprint density at radius 1 is 1.52 bits per heavy atom. The predicted octanol–water partition coefficient (Wildman–Crippen LogP) is 0.755. The largest absolute Gasteiger partial charge is 0.451 e. The number of nitrogens with one attached hydrogen (secondary N) is 1. The van der Waals surface area contributed by atoms with E-state index in [1.165, 1.54) is 10.9 Å². The zero-order valence-corrected chi connectivity index (χ0v) is 14.9. The zero-order chi connectivity index (χ0) is 18.0. The monoisotopic (exact) mass is 365 g/mol. The Labute approximate surface area is 147 Å². The molecule has 2 aromatic heterocycles. The Bertz CT molecular complexity index is 867. The maximum Gasteiger partial charge on any atom is 0.349 e. The second kappa shape index (κ2) is 7.32. The molecule has 1 aliphatic rings. The first kappa shape index (κ1) is 17.6. The SMILES string of the molecule is Cc1c(C(=O)OCC(=O)NCC2CCCO2)sc2ncn(C)c(=O)c12. The molecule has 1 aliphatic heterocycles. The first-order valence-corrected chi connectivity index (χ1v) is 8.79. The smallest absolute Gasteiger partial charge is 0.349 e. The normalized spacial score (nSPS) is 17.0. The van der Waals surface area contributed by atoms with Gasteiger partial charge in [-0.3, -0.25) is 9.59 Å². The summed E-state index contributed by atoms with van der Waals surface area (Å²) in [4.78, 5) is 41.1. The van der Waals surface area contributed by atoms with E-state index in [-0.39, 0.29) is 29.1 Å². The van der Waals surface area contributed by atoms with Crippen molar-refractivity contribution in [2.75, 3.05) is 19.8 Å². The summed E-state index contributed by atoms with van der Waals surface area (Å²) in [6, 6.07) is 0. The molecule has 3 heterocycles. The molecule has 1 atom stereocenters. The quantitative estimate of drug-likeness (QED) is 0.785. The number of hydrogen-bond acceptors (Lipinski definition) is 7. The van der Waals surface area contributed by atoms with Crippen molar-refractivity contribution in [3.8, 4) is 0 Å². The summed E-state index contributed by atoms with van der Waals surface area (Å²) < 4.78 is 11.8. The van der Waals surface area contributed by atoms with E-state index in [1.54, 1.807) is 14.0 Å². The number of thiophene rings is 1. The van der Waals surface area contributed by atoms with Crippen molar-refractivity contribution >= 4 is 33.4 Å². The van der Waals surface area contributed by atoms with Gasteiger partial charge >= 0.3 is 5.97 Å². The summed E-state index contributed by atoms with van der Waals surface area (Å²) in [6.07, 6.45) is 3.36. The highest BCUT2D eigenvalue weighted by molar-refractivity contribution is 7.20. The van der Waals surface area contributed by atoms with Crippen molar-refractivity contribution in [2.45, 2.75) is 25.9 Å². The van der Waals surface area contributed by atoms with E-state index in [0.29, 0.717) is 28.9 Å². The average molecular weight is 365 g/mol. The molecule has 1 amide bonds. The van der Waals surface area contributed by atoms with Crippen LogP contribution in [0.1, 0.15) is 28.1 Å². The molecular formula is C16H19N3O5S. The molecule has 9 heteroatoms. The second-order valence-electron chi connectivity index (χ2n) is 5.91. The second-order valence-corrected chi connectivity index (χ2v) is 6.91. The Morgan fingerprint density at radius 2 is 2.32 bits per heavy atom. The molecule has 8 nitrogen and oxygen atoms in total. The van der Waals surface area contributed by atoms with Gasteiger partial charge in [0.25, 0.3) is 11.5 Å². The van der Waals surface area contributed by atoms with Gasteiger partial charge in [0.15, 0.2) is 6.61 Å². The van der Waals surface area contributed by atoms with E-state index in [2.05, 4.69) is 10.3 Å². The van der Waals surface area contributed by atoms with Crippen LogP contribution in [0.4, 0.5) is 0 Å². The standard InChI is InChI=1S/C16H19N3O5S/c1-9-12-14(18-8-19(2)15(12)21)25-13(9)16(22)24-7-11(20)17-6-10-4-3-5-23-10/h8,10H,3-7H2,1-2H3,(H,17,20). The Kier molecular flexibility index (Phi) is 5.14. The van der Waals surface area contributed by atoms with Crippen molar-refractivity contribution in [1.82, 2.24) is 14.9 Å². The van der Waals surface area contributed by atoms with Crippen LogP contribution in [0.3, 0.4) is 0 Å². The third-order valence-corrected chi connectivity index (χ3v) is 5.26. The number of carbonyl (C=O) groups is 2. The van der Waals surface area contributed by atoms with Gasteiger partial charge in [-0.25, -0.2) is 9.78 Å². The third-order valence-electron chi connectivity index (χ3n) is 4.08. The van der Waals surface area contributed by atoms with E-state index >= 15 is 0 Å². The van der Waals surface area contributed by atoms with Crippen molar-refractivity contribution < 1.29 is 19.1 Å². The van der Waals surface area contributed by atoms with Gasteiger partial charge in [-0.15, -0.1) is 11.3 Å². The van der Waals surface area contributed by atoms with E-state index < -0.39 is 5.97 Å². The molecule has 1 saturated heterocycles. The van der Waals surface area contributed by atoms with Gasteiger partial charge in [-0.2, -0.15) is 0 Å². The number of esters is 1. The lowest BCUT2D eigenvalue weighted by Crippen LogP contribution is -2.34. The number of carbonyl (C=O) groups excluding carboxylic acids is 2. The topological polar surface area (TPSA) is 99.5 Å².